The molecule has 0 aromatic carbocycles. The minimum Gasteiger partial charge on any atom is -0.352 e. The summed E-state index contributed by atoms with van der Waals surface area (Å²) < 4.78 is 1.41. The lowest BCUT2D eigenvalue weighted by Crippen LogP contribution is -2.35. The normalized spacial score (nSPS) is 16.0. The van der Waals surface area contributed by atoms with E-state index < -0.39 is 0 Å². The van der Waals surface area contributed by atoms with Gasteiger partial charge in [-0.3, -0.25) is 14.0 Å². The van der Waals surface area contributed by atoms with E-state index in [2.05, 4.69) is 15.2 Å². The highest BCUT2D eigenvalue weighted by molar-refractivity contribution is 7.15. The lowest BCUT2D eigenvalue weighted by molar-refractivity contribution is 0.0949. The number of hydrogen-bond donors (Lipinski definition) is 1. The predicted molar refractivity (Wildman–Crippen MR) is 86.6 cm³/mol. The van der Waals surface area contributed by atoms with Gasteiger partial charge in [-0.25, -0.2) is 4.98 Å². The van der Waals surface area contributed by atoms with Crippen molar-refractivity contribution in [2.45, 2.75) is 25.7 Å². The number of carbonyl (C=O) groups excluding carboxylic acids is 1. The molecule has 3 heterocycles. The fourth-order valence-corrected chi connectivity index (χ4v) is 3.44. The molecule has 1 aliphatic heterocycles. The van der Waals surface area contributed by atoms with E-state index in [1.807, 2.05) is 0 Å². The first-order chi connectivity index (χ1) is 10.8. The molecule has 1 saturated heterocycles. The van der Waals surface area contributed by atoms with Crippen LogP contribution in [0.25, 0.3) is 4.96 Å². The van der Waals surface area contributed by atoms with Crippen LogP contribution in [-0.4, -0.2) is 46.4 Å². The summed E-state index contributed by atoms with van der Waals surface area (Å²) in [6, 6.07) is 0. The molecule has 6 nitrogen and oxygen atoms in total. The number of piperidine rings is 1. The van der Waals surface area contributed by atoms with Crippen molar-refractivity contribution in [3.63, 3.8) is 0 Å². The van der Waals surface area contributed by atoms with Crippen LogP contribution in [0, 0.1) is 0 Å². The van der Waals surface area contributed by atoms with Crippen LogP contribution >= 0.6 is 11.3 Å². The van der Waals surface area contributed by atoms with Crippen molar-refractivity contribution in [3.8, 4) is 0 Å². The number of likely N-dealkylation sites (tertiary alicyclic amines) is 1. The van der Waals surface area contributed by atoms with Crippen LogP contribution in [0.1, 0.15) is 36.0 Å². The molecule has 0 radical (unpaired) electrons. The Kier molecular flexibility index (Phi) is 4.84. The predicted octanol–water partition coefficient (Wildman–Crippen LogP) is 1.36. The van der Waals surface area contributed by atoms with Gasteiger partial charge in [0.25, 0.3) is 11.5 Å². The maximum absolute atomic E-state index is 12.2. The first-order valence-corrected chi connectivity index (χ1v) is 8.59. The molecular formula is C15H20N4O2S. The third-order valence-corrected chi connectivity index (χ3v) is 4.74. The summed E-state index contributed by atoms with van der Waals surface area (Å²) in [5.74, 6) is -0.336. The molecule has 22 heavy (non-hydrogen) atoms. The molecule has 0 atom stereocenters. The Labute approximate surface area is 132 Å². The summed E-state index contributed by atoms with van der Waals surface area (Å²) in [7, 11) is 0. The standard InChI is InChI=1S/C15H20N4O2S/c20-13(16-5-4-8-18-6-2-1-3-7-18)12-11-17-15-19(14(12)21)9-10-22-15/h9-11H,1-8H2,(H,16,20). The second-order valence-corrected chi connectivity index (χ2v) is 6.42. The van der Waals surface area contributed by atoms with Crippen molar-refractivity contribution in [1.82, 2.24) is 19.6 Å². The lowest BCUT2D eigenvalue weighted by Gasteiger charge is -2.26. The topological polar surface area (TPSA) is 66.7 Å². The average Bonchev–Trinajstić information content (AvgIpc) is 3.02. The van der Waals surface area contributed by atoms with Gasteiger partial charge in [0.05, 0.1) is 0 Å². The number of nitrogens with zero attached hydrogens (tertiary/aromatic N) is 3. The van der Waals surface area contributed by atoms with E-state index in [1.165, 1.54) is 41.2 Å². The second-order valence-electron chi connectivity index (χ2n) is 5.54. The van der Waals surface area contributed by atoms with Crippen molar-refractivity contribution >= 4 is 22.2 Å². The van der Waals surface area contributed by atoms with Crippen molar-refractivity contribution in [2.24, 2.45) is 0 Å². The average molecular weight is 320 g/mol. The van der Waals surface area contributed by atoms with Crippen LogP contribution in [0.15, 0.2) is 22.6 Å². The maximum Gasteiger partial charge on any atom is 0.271 e. The Morgan fingerprint density at radius 3 is 2.95 bits per heavy atom. The van der Waals surface area contributed by atoms with Gasteiger partial charge in [-0.15, -0.1) is 11.3 Å². The first-order valence-electron chi connectivity index (χ1n) is 7.71. The number of nitrogens with one attached hydrogen (secondary N) is 1. The summed E-state index contributed by atoms with van der Waals surface area (Å²) in [6.07, 6.45) is 7.79. The third-order valence-electron chi connectivity index (χ3n) is 3.97. The van der Waals surface area contributed by atoms with Gasteiger partial charge >= 0.3 is 0 Å². The molecule has 0 bridgehead atoms. The van der Waals surface area contributed by atoms with E-state index in [4.69, 9.17) is 0 Å². The summed E-state index contributed by atoms with van der Waals surface area (Å²) in [4.78, 5) is 31.5. The van der Waals surface area contributed by atoms with Crippen molar-refractivity contribution in [2.75, 3.05) is 26.2 Å². The van der Waals surface area contributed by atoms with Crippen molar-refractivity contribution in [1.29, 1.82) is 0 Å². The van der Waals surface area contributed by atoms with Gasteiger partial charge in [0.2, 0.25) is 0 Å². The number of thiazole rings is 1. The molecule has 118 valence electrons. The van der Waals surface area contributed by atoms with Crippen LogP contribution < -0.4 is 10.9 Å². The molecule has 2 aromatic rings. The van der Waals surface area contributed by atoms with Gasteiger partial charge in [0.15, 0.2) is 4.96 Å². The number of hydrogen-bond acceptors (Lipinski definition) is 5. The maximum atomic E-state index is 12.2. The fourth-order valence-electron chi connectivity index (χ4n) is 2.76. The van der Waals surface area contributed by atoms with Gasteiger partial charge in [0, 0.05) is 24.3 Å². The molecular weight excluding hydrogens is 300 g/mol. The third kappa shape index (κ3) is 3.36. The van der Waals surface area contributed by atoms with Gasteiger partial charge in [-0.2, -0.15) is 0 Å². The minimum atomic E-state index is -0.336. The Balaban J connectivity index is 1.52. The Morgan fingerprint density at radius 2 is 2.14 bits per heavy atom. The van der Waals surface area contributed by atoms with E-state index in [0.29, 0.717) is 11.5 Å². The van der Waals surface area contributed by atoms with Gasteiger partial charge in [-0.05, 0) is 38.9 Å². The zero-order valence-corrected chi connectivity index (χ0v) is 13.3. The monoisotopic (exact) mass is 320 g/mol. The highest BCUT2D eigenvalue weighted by atomic mass is 32.1. The second kappa shape index (κ2) is 7.02. The Bertz CT molecular complexity index is 703. The Morgan fingerprint density at radius 1 is 1.32 bits per heavy atom. The quantitative estimate of drug-likeness (QED) is 0.845. The minimum absolute atomic E-state index is 0.105. The van der Waals surface area contributed by atoms with Crippen LogP contribution in [0.4, 0.5) is 0 Å². The summed E-state index contributed by atoms with van der Waals surface area (Å²) in [5.41, 5.74) is -0.200. The van der Waals surface area contributed by atoms with E-state index in [-0.39, 0.29) is 17.0 Å². The largest absolute Gasteiger partial charge is 0.352 e. The van der Waals surface area contributed by atoms with Crippen LogP contribution in [0.3, 0.4) is 0 Å². The summed E-state index contributed by atoms with van der Waals surface area (Å²) in [6.45, 7) is 3.91. The van der Waals surface area contributed by atoms with Crippen LogP contribution in [-0.2, 0) is 0 Å². The molecule has 1 fully saturated rings. The zero-order chi connectivity index (χ0) is 15.4. The van der Waals surface area contributed by atoms with E-state index in [1.54, 1.807) is 11.6 Å². The molecule has 7 heteroatoms. The van der Waals surface area contributed by atoms with Gasteiger partial charge < -0.3 is 10.2 Å². The highest BCUT2D eigenvalue weighted by Crippen LogP contribution is 2.08. The highest BCUT2D eigenvalue weighted by Gasteiger charge is 2.14. The van der Waals surface area contributed by atoms with E-state index in [9.17, 15) is 9.59 Å². The van der Waals surface area contributed by atoms with Crippen LogP contribution in [0.5, 0.6) is 0 Å². The SMILES string of the molecule is O=C(NCCCN1CCCCC1)c1cnc2sccn2c1=O. The molecule has 0 unspecified atom stereocenters. The molecule has 0 saturated carbocycles. The number of fused-ring (bicyclic) bond motifs is 1. The molecule has 0 aliphatic carbocycles. The number of carbonyl (C=O) groups is 1. The van der Waals surface area contributed by atoms with Gasteiger partial charge in [-0.1, -0.05) is 6.42 Å². The van der Waals surface area contributed by atoms with Gasteiger partial charge in [0.1, 0.15) is 5.56 Å². The van der Waals surface area contributed by atoms with E-state index in [0.717, 1.165) is 26.1 Å². The van der Waals surface area contributed by atoms with Crippen LogP contribution in [0.2, 0.25) is 0 Å². The molecule has 2 aromatic heterocycles. The molecule has 3 rings (SSSR count). The summed E-state index contributed by atoms with van der Waals surface area (Å²) >= 11 is 1.37. The first kappa shape index (κ1) is 15.2. The molecule has 1 N–H and O–H groups in total. The number of amides is 1. The van der Waals surface area contributed by atoms with E-state index >= 15 is 0 Å². The molecule has 0 spiro atoms. The van der Waals surface area contributed by atoms with Crippen molar-refractivity contribution in [3.05, 3.63) is 33.7 Å². The number of rotatable bonds is 5. The number of aromatic nitrogens is 2. The lowest BCUT2D eigenvalue weighted by atomic mass is 10.1. The zero-order valence-electron chi connectivity index (χ0n) is 12.5. The smallest absolute Gasteiger partial charge is 0.271 e. The Hall–Kier alpha value is -1.73. The molecule has 1 aliphatic rings. The fraction of sp³-hybridized carbons (Fsp3) is 0.533. The van der Waals surface area contributed by atoms with Crippen molar-refractivity contribution < 1.29 is 4.79 Å². The summed E-state index contributed by atoms with van der Waals surface area (Å²) in [5, 5.41) is 4.60. The molecule has 1 amide bonds.